The molecule has 0 atom stereocenters. The molecule has 3 aromatic carbocycles. The standard InChI is InChI=1S/C24H29BO2/c1-22(2,3)18-10-12-20-16(14-18)8-9-17-15-19(11-13-21(17)20)25-26-23(4,5)24(6,7)27-25/h8-15H,1-7H3. The van der Waals surface area contributed by atoms with E-state index in [1.54, 1.807) is 0 Å². The van der Waals surface area contributed by atoms with E-state index in [1.807, 2.05) is 0 Å². The highest BCUT2D eigenvalue weighted by Crippen LogP contribution is 2.37. The van der Waals surface area contributed by atoms with E-state index in [-0.39, 0.29) is 23.7 Å². The van der Waals surface area contributed by atoms with Crippen molar-refractivity contribution in [3.63, 3.8) is 0 Å². The normalized spacial score (nSPS) is 19.1. The monoisotopic (exact) mass is 360 g/mol. The average Bonchev–Trinajstić information content (AvgIpc) is 2.80. The molecule has 0 aliphatic carbocycles. The Hall–Kier alpha value is -1.84. The molecule has 27 heavy (non-hydrogen) atoms. The molecule has 3 aromatic rings. The molecule has 0 amide bonds. The minimum Gasteiger partial charge on any atom is -0.399 e. The van der Waals surface area contributed by atoms with Gasteiger partial charge in [-0.1, -0.05) is 69.3 Å². The quantitative estimate of drug-likeness (QED) is 0.416. The first kappa shape index (κ1) is 18.5. The van der Waals surface area contributed by atoms with Crippen LogP contribution in [-0.2, 0) is 14.7 Å². The Morgan fingerprint density at radius 3 is 1.78 bits per heavy atom. The van der Waals surface area contributed by atoms with Crippen molar-refractivity contribution in [1.82, 2.24) is 0 Å². The molecular formula is C24H29BO2. The first-order chi connectivity index (χ1) is 12.5. The molecule has 0 radical (unpaired) electrons. The molecule has 1 aliphatic rings. The van der Waals surface area contributed by atoms with Gasteiger partial charge in [-0.25, -0.2) is 0 Å². The molecule has 140 valence electrons. The summed E-state index contributed by atoms with van der Waals surface area (Å²) in [4.78, 5) is 0. The van der Waals surface area contributed by atoms with Gasteiger partial charge in [-0.3, -0.25) is 0 Å². The lowest BCUT2D eigenvalue weighted by atomic mass is 9.78. The molecule has 1 heterocycles. The third kappa shape index (κ3) is 3.07. The number of benzene rings is 3. The third-order valence-corrected chi connectivity index (χ3v) is 6.25. The number of hydrogen-bond acceptors (Lipinski definition) is 2. The van der Waals surface area contributed by atoms with Gasteiger partial charge in [0.2, 0.25) is 0 Å². The maximum Gasteiger partial charge on any atom is 0.494 e. The molecule has 0 unspecified atom stereocenters. The van der Waals surface area contributed by atoms with Gasteiger partial charge in [0.1, 0.15) is 0 Å². The largest absolute Gasteiger partial charge is 0.494 e. The Kier molecular flexibility index (Phi) is 4.00. The SMILES string of the molecule is CC(C)(C)c1ccc2c(ccc3cc(B4OC(C)(C)C(C)(C)O4)ccc32)c1. The summed E-state index contributed by atoms with van der Waals surface area (Å²) < 4.78 is 12.4. The molecule has 4 rings (SSSR count). The van der Waals surface area contributed by atoms with Gasteiger partial charge in [-0.05, 0) is 65.7 Å². The Morgan fingerprint density at radius 2 is 1.22 bits per heavy atom. The lowest BCUT2D eigenvalue weighted by Gasteiger charge is -2.32. The second-order valence-corrected chi connectivity index (χ2v) is 9.82. The average molecular weight is 360 g/mol. The van der Waals surface area contributed by atoms with Crippen LogP contribution in [0.4, 0.5) is 0 Å². The van der Waals surface area contributed by atoms with Crippen molar-refractivity contribution in [2.24, 2.45) is 0 Å². The molecule has 1 fully saturated rings. The van der Waals surface area contributed by atoms with Crippen LogP contribution in [-0.4, -0.2) is 18.3 Å². The molecule has 0 aromatic heterocycles. The predicted octanol–water partition coefficient (Wildman–Crippen LogP) is 5.59. The van der Waals surface area contributed by atoms with Gasteiger partial charge >= 0.3 is 7.12 Å². The first-order valence-electron chi connectivity index (χ1n) is 9.81. The van der Waals surface area contributed by atoms with Crippen molar-refractivity contribution in [3.8, 4) is 0 Å². The first-order valence-corrected chi connectivity index (χ1v) is 9.81. The van der Waals surface area contributed by atoms with Gasteiger partial charge < -0.3 is 9.31 Å². The second-order valence-electron chi connectivity index (χ2n) is 9.82. The van der Waals surface area contributed by atoms with E-state index < -0.39 is 0 Å². The zero-order valence-corrected chi connectivity index (χ0v) is 17.5. The smallest absolute Gasteiger partial charge is 0.399 e. The summed E-state index contributed by atoms with van der Waals surface area (Å²) in [6.07, 6.45) is 0. The fourth-order valence-corrected chi connectivity index (χ4v) is 3.68. The van der Waals surface area contributed by atoms with Crippen molar-refractivity contribution in [1.29, 1.82) is 0 Å². The minimum atomic E-state index is -0.321. The Bertz CT molecular complexity index is 1010. The molecule has 0 spiro atoms. The highest BCUT2D eigenvalue weighted by Gasteiger charge is 2.51. The van der Waals surface area contributed by atoms with E-state index >= 15 is 0 Å². The number of hydrogen-bond donors (Lipinski definition) is 0. The van der Waals surface area contributed by atoms with Crippen LogP contribution in [0.2, 0.25) is 0 Å². The molecule has 0 N–H and O–H groups in total. The Morgan fingerprint density at radius 1 is 0.704 bits per heavy atom. The number of rotatable bonds is 1. The van der Waals surface area contributed by atoms with Gasteiger partial charge in [0.25, 0.3) is 0 Å². The zero-order chi connectivity index (χ0) is 19.6. The van der Waals surface area contributed by atoms with E-state index in [0.717, 1.165) is 5.46 Å². The highest BCUT2D eigenvalue weighted by atomic mass is 16.7. The van der Waals surface area contributed by atoms with Gasteiger partial charge in [0.15, 0.2) is 0 Å². The zero-order valence-electron chi connectivity index (χ0n) is 17.5. The molecule has 0 bridgehead atoms. The van der Waals surface area contributed by atoms with Crippen LogP contribution in [0, 0.1) is 0 Å². The summed E-state index contributed by atoms with van der Waals surface area (Å²) >= 11 is 0. The summed E-state index contributed by atoms with van der Waals surface area (Å²) in [6, 6.07) is 17.8. The van der Waals surface area contributed by atoms with Crippen LogP contribution in [0.1, 0.15) is 54.0 Å². The van der Waals surface area contributed by atoms with E-state index in [0.29, 0.717) is 0 Å². The second kappa shape index (κ2) is 5.83. The van der Waals surface area contributed by atoms with Crippen LogP contribution >= 0.6 is 0 Å². The number of fused-ring (bicyclic) bond motifs is 3. The highest BCUT2D eigenvalue weighted by molar-refractivity contribution is 6.62. The molecule has 2 nitrogen and oxygen atoms in total. The maximum atomic E-state index is 6.22. The van der Waals surface area contributed by atoms with Crippen molar-refractivity contribution in [2.75, 3.05) is 0 Å². The lowest BCUT2D eigenvalue weighted by molar-refractivity contribution is 0.00578. The summed E-state index contributed by atoms with van der Waals surface area (Å²) in [5.41, 5.74) is 1.96. The van der Waals surface area contributed by atoms with Crippen LogP contribution < -0.4 is 5.46 Å². The molecular weight excluding hydrogens is 331 g/mol. The van der Waals surface area contributed by atoms with E-state index in [9.17, 15) is 0 Å². The van der Waals surface area contributed by atoms with Gasteiger partial charge in [0, 0.05) is 0 Å². The maximum absolute atomic E-state index is 6.22. The van der Waals surface area contributed by atoms with Gasteiger partial charge in [-0.15, -0.1) is 0 Å². The Labute approximate surface area is 163 Å². The van der Waals surface area contributed by atoms with Gasteiger partial charge in [0.05, 0.1) is 11.2 Å². The third-order valence-electron chi connectivity index (χ3n) is 6.25. The predicted molar refractivity (Wildman–Crippen MR) is 116 cm³/mol. The summed E-state index contributed by atoms with van der Waals surface area (Å²) in [5, 5.41) is 5.07. The van der Waals surface area contributed by atoms with Crippen LogP contribution in [0.5, 0.6) is 0 Å². The summed E-state index contributed by atoms with van der Waals surface area (Å²) in [5.74, 6) is 0. The molecule has 1 saturated heterocycles. The fourth-order valence-electron chi connectivity index (χ4n) is 3.68. The molecule has 1 aliphatic heterocycles. The topological polar surface area (TPSA) is 18.5 Å². The molecule has 0 saturated carbocycles. The van der Waals surface area contributed by atoms with Crippen LogP contribution in [0.15, 0.2) is 48.5 Å². The van der Waals surface area contributed by atoms with Gasteiger partial charge in [-0.2, -0.15) is 0 Å². The summed E-state index contributed by atoms with van der Waals surface area (Å²) in [7, 11) is -0.321. The van der Waals surface area contributed by atoms with Crippen LogP contribution in [0.25, 0.3) is 21.5 Å². The van der Waals surface area contributed by atoms with Crippen LogP contribution in [0.3, 0.4) is 0 Å². The lowest BCUT2D eigenvalue weighted by Crippen LogP contribution is -2.41. The van der Waals surface area contributed by atoms with E-state index in [2.05, 4.69) is 97.0 Å². The summed E-state index contributed by atoms with van der Waals surface area (Å²) in [6.45, 7) is 15.1. The van der Waals surface area contributed by atoms with E-state index in [4.69, 9.17) is 9.31 Å². The van der Waals surface area contributed by atoms with Crippen molar-refractivity contribution >= 4 is 34.1 Å². The fraction of sp³-hybridized carbons (Fsp3) is 0.417. The molecule has 3 heteroatoms. The van der Waals surface area contributed by atoms with Crippen molar-refractivity contribution < 1.29 is 9.31 Å². The van der Waals surface area contributed by atoms with Crippen molar-refractivity contribution in [2.45, 2.75) is 65.1 Å². The Balaban J connectivity index is 1.77. The van der Waals surface area contributed by atoms with E-state index in [1.165, 1.54) is 27.1 Å². The minimum absolute atomic E-state index is 0.157. The van der Waals surface area contributed by atoms with Crippen molar-refractivity contribution in [3.05, 3.63) is 54.1 Å².